The Hall–Kier alpha value is -1.46. The summed E-state index contributed by atoms with van der Waals surface area (Å²) < 4.78 is 44.5. The number of esters is 1. The third-order valence-corrected chi connectivity index (χ3v) is 11.9. The Labute approximate surface area is 304 Å². The molecular formula is C37H66N2O12. The average Bonchev–Trinajstić information content (AvgIpc) is 3.35. The Morgan fingerprint density at radius 1 is 0.961 bits per heavy atom. The molecule has 4 heterocycles. The van der Waals surface area contributed by atoms with Crippen molar-refractivity contribution >= 4 is 11.9 Å². The van der Waals surface area contributed by atoms with Crippen molar-refractivity contribution < 1.29 is 58.4 Å². The lowest BCUT2D eigenvalue weighted by Gasteiger charge is -2.48. The van der Waals surface area contributed by atoms with E-state index < -0.39 is 96.0 Å². The largest absolute Gasteiger partial charge is 0.472 e. The van der Waals surface area contributed by atoms with Crippen LogP contribution in [0.15, 0.2) is 4.99 Å². The number of ether oxygens (including phenoxy) is 7. The summed E-state index contributed by atoms with van der Waals surface area (Å²) in [5.74, 6) is -2.03. The van der Waals surface area contributed by atoms with Crippen LogP contribution in [0.3, 0.4) is 0 Å². The van der Waals surface area contributed by atoms with E-state index in [1.54, 1.807) is 34.6 Å². The quantitative estimate of drug-likeness (QED) is 0.281. The first kappa shape index (κ1) is 42.3. The molecule has 4 aliphatic heterocycles. The summed E-state index contributed by atoms with van der Waals surface area (Å²) in [6.07, 6.45) is -7.53. The molecule has 4 rings (SSSR count). The summed E-state index contributed by atoms with van der Waals surface area (Å²) in [5.41, 5.74) is -3.91. The highest BCUT2D eigenvalue weighted by Gasteiger charge is 2.56. The molecule has 3 fully saturated rings. The number of hydrogen-bond acceptors (Lipinski definition) is 14. The van der Waals surface area contributed by atoms with Crippen molar-refractivity contribution in [3.05, 3.63) is 0 Å². The second-order valence-corrected chi connectivity index (χ2v) is 16.5. The van der Waals surface area contributed by atoms with Crippen molar-refractivity contribution in [1.82, 2.24) is 4.90 Å². The highest BCUT2D eigenvalue weighted by Crippen LogP contribution is 2.44. The summed E-state index contributed by atoms with van der Waals surface area (Å²) in [5, 5.41) is 45.5. The lowest BCUT2D eigenvalue weighted by Crippen LogP contribution is -2.60. The van der Waals surface area contributed by atoms with Crippen LogP contribution in [0.25, 0.3) is 0 Å². The fourth-order valence-corrected chi connectivity index (χ4v) is 8.61. The molecule has 3 saturated heterocycles. The number of likely N-dealkylation sites (N-methyl/N-ethyl adjacent to an activating group) is 1. The maximum absolute atomic E-state index is 14.2. The van der Waals surface area contributed by atoms with Crippen LogP contribution in [0.5, 0.6) is 0 Å². The third kappa shape index (κ3) is 8.60. The van der Waals surface area contributed by atoms with Gasteiger partial charge in [-0.25, -0.2) is 4.99 Å². The van der Waals surface area contributed by atoms with Crippen molar-refractivity contribution in [2.24, 2.45) is 22.7 Å². The zero-order valence-corrected chi connectivity index (χ0v) is 32.9. The fourth-order valence-electron chi connectivity index (χ4n) is 8.61. The van der Waals surface area contributed by atoms with Gasteiger partial charge in [-0.1, -0.05) is 20.8 Å². The molecule has 14 nitrogen and oxygen atoms in total. The van der Waals surface area contributed by atoms with E-state index >= 15 is 0 Å². The van der Waals surface area contributed by atoms with Crippen LogP contribution in [0.4, 0.5) is 0 Å². The van der Waals surface area contributed by atoms with Crippen molar-refractivity contribution in [2.75, 3.05) is 21.2 Å². The number of methoxy groups -OCH3 is 1. The highest BCUT2D eigenvalue weighted by molar-refractivity contribution is 5.81. The van der Waals surface area contributed by atoms with Crippen molar-refractivity contribution in [3.63, 3.8) is 0 Å². The SMILES string of the molecule is CC[C@H]1OC(=O)[C@H](C)[C@@H](O[C@H]2CC(C)(OC)[C@@H](O)C(C)O2)[C@H](C)[C@@H](O[C@@H]2OC(C)CC(N(C)C)C2O)C2(C)C[C@@H](C)C(=N[C@H](C)[C@@H](O)[C@]1(C)O)O2. The molecular weight excluding hydrogens is 664 g/mol. The van der Waals surface area contributed by atoms with E-state index in [-0.39, 0.29) is 30.9 Å². The normalized spacial score (nSPS) is 50.3. The van der Waals surface area contributed by atoms with E-state index in [9.17, 15) is 25.2 Å². The van der Waals surface area contributed by atoms with Crippen LogP contribution in [0.1, 0.15) is 94.9 Å². The number of carbonyl (C=O) groups is 1. The summed E-state index contributed by atoms with van der Waals surface area (Å²) >= 11 is 0. The minimum atomic E-state index is -1.84. The number of hydrogen-bond donors (Lipinski definition) is 4. The predicted molar refractivity (Wildman–Crippen MR) is 188 cm³/mol. The lowest BCUT2D eigenvalue weighted by molar-refractivity contribution is -0.315. The number of carbonyl (C=O) groups excluding carboxylic acids is 1. The topological polar surface area (TPSA) is 178 Å². The van der Waals surface area contributed by atoms with Crippen LogP contribution in [0, 0.1) is 17.8 Å². The number of aliphatic imine (C=N–C) groups is 1. The van der Waals surface area contributed by atoms with Crippen LogP contribution in [-0.2, 0) is 38.0 Å². The van der Waals surface area contributed by atoms with E-state index in [1.165, 1.54) is 14.0 Å². The fraction of sp³-hybridized carbons (Fsp3) is 0.946. The first-order chi connectivity index (χ1) is 23.6. The molecule has 0 spiro atoms. The number of nitrogens with zero attached hydrogens (tertiary/aromatic N) is 2. The van der Waals surface area contributed by atoms with Gasteiger partial charge in [0.1, 0.15) is 41.7 Å². The van der Waals surface area contributed by atoms with E-state index in [4.69, 9.17) is 38.2 Å². The van der Waals surface area contributed by atoms with Gasteiger partial charge < -0.3 is 58.5 Å². The molecule has 18 atom stereocenters. The Morgan fingerprint density at radius 3 is 2.20 bits per heavy atom. The van der Waals surface area contributed by atoms with Gasteiger partial charge in [0, 0.05) is 37.8 Å². The summed E-state index contributed by atoms with van der Waals surface area (Å²) in [6, 6.07) is -1.04. The van der Waals surface area contributed by atoms with Gasteiger partial charge in [-0.15, -0.1) is 0 Å². The minimum Gasteiger partial charge on any atom is -0.472 e. The van der Waals surface area contributed by atoms with Crippen molar-refractivity contribution in [1.29, 1.82) is 0 Å². The Bertz CT molecular complexity index is 1220. The van der Waals surface area contributed by atoms with Gasteiger partial charge in [0.2, 0.25) is 0 Å². The van der Waals surface area contributed by atoms with Crippen molar-refractivity contribution in [3.8, 4) is 0 Å². The molecule has 4 N–H and O–H groups in total. The first-order valence-corrected chi connectivity index (χ1v) is 18.7. The minimum absolute atomic E-state index is 0.163. The summed E-state index contributed by atoms with van der Waals surface area (Å²) in [7, 11) is 5.33. The van der Waals surface area contributed by atoms with Crippen LogP contribution in [0.2, 0.25) is 0 Å². The second-order valence-electron chi connectivity index (χ2n) is 16.5. The molecule has 0 aromatic rings. The smallest absolute Gasteiger partial charge is 0.311 e. The standard InChI is InChI=1S/C37H66N2O12/c1-14-25-37(10,44)29(41)22(6)38-32-18(2)16-36(9,51-32)31(50-34-27(40)24(39(11)12)15-19(3)46-34)20(4)28(21(5)33(43)48-25)49-26-17-35(8,45-13)30(42)23(7)47-26/h18-31,34,40-42,44H,14-17H2,1-13H3/t18-,19?,20+,21-,22-,23?,24?,25-,26+,27?,28+,29-,30+,31-,34+,35?,36?,37-/m1/s1. The van der Waals surface area contributed by atoms with Crippen LogP contribution < -0.4 is 0 Å². The third-order valence-electron chi connectivity index (χ3n) is 11.9. The molecule has 0 aliphatic carbocycles. The number of cyclic esters (lactones) is 1. The van der Waals surface area contributed by atoms with Gasteiger partial charge in [0.25, 0.3) is 0 Å². The molecule has 6 unspecified atom stereocenters. The van der Waals surface area contributed by atoms with E-state index in [2.05, 4.69) is 0 Å². The average molecular weight is 731 g/mol. The first-order valence-electron chi connectivity index (χ1n) is 18.7. The van der Waals surface area contributed by atoms with Gasteiger partial charge in [-0.2, -0.15) is 0 Å². The Balaban J connectivity index is 1.85. The van der Waals surface area contributed by atoms with E-state index in [0.717, 1.165) is 0 Å². The Kier molecular flexibility index (Phi) is 13.4. The molecule has 51 heavy (non-hydrogen) atoms. The molecule has 4 aliphatic rings. The van der Waals surface area contributed by atoms with Gasteiger partial charge >= 0.3 is 5.97 Å². The van der Waals surface area contributed by atoms with E-state index in [1.807, 2.05) is 46.7 Å². The zero-order chi connectivity index (χ0) is 38.4. The predicted octanol–water partition coefficient (Wildman–Crippen LogP) is 2.41. The van der Waals surface area contributed by atoms with Gasteiger partial charge in [0.05, 0.1) is 35.9 Å². The number of aliphatic hydroxyl groups excluding tert-OH is 3. The molecule has 296 valence electrons. The monoisotopic (exact) mass is 730 g/mol. The molecule has 0 saturated carbocycles. The summed E-state index contributed by atoms with van der Waals surface area (Å²) in [4.78, 5) is 20.9. The Morgan fingerprint density at radius 2 is 1.61 bits per heavy atom. The molecule has 0 aromatic carbocycles. The van der Waals surface area contributed by atoms with E-state index in [0.29, 0.717) is 18.7 Å². The zero-order valence-electron chi connectivity index (χ0n) is 32.9. The molecule has 0 radical (unpaired) electrons. The second kappa shape index (κ2) is 16.1. The lowest BCUT2D eigenvalue weighted by atomic mass is 9.79. The van der Waals surface area contributed by atoms with Gasteiger partial charge in [-0.3, -0.25) is 4.79 Å². The number of fused-ring (bicyclic) bond motifs is 2. The summed E-state index contributed by atoms with van der Waals surface area (Å²) in [6.45, 7) is 17.8. The van der Waals surface area contributed by atoms with Crippen molar-refractivity contribution in [2.45, 2.75) is 185 Å². The number of aliphatic hydroxyl groups is 4. The highest BCUT2D eigenvalue weighted by atomic mass is 16.7. The maximum atomic E-state index is 14.2. The molecule has 0 amide bonds. The molecule has 0 aromatic heterocycles. The number of rotatable bonds is 7. The van der Waals surface area contributed by atoms with Crippen LogP contribution >= 0.6 is 0 Å². The maximum Gasteiger partial charge on any atom is 0.311 e. The van der Waals surface area contributed by atoms with Crippen LogP contribution in [-0.4, -0.2) is 149 Å². The van der Waals surface area contributed by atoms with Gasteiger partial charge in [0.15, 0.2) is 18.5 Å². The molecule has 14 heteroatoms. The molecule has 2 bridgehead atoms. The van der Waals surface area contributed by atoms with Gasteiger partial charge in [-0.05, 0) is 75.4 Å².